The van der Waals surface area contributed by atoms with Crippen LogP contribution < -0.4 is 5.32 Å². The van der Waals surface area contributed by atoms with Crippen LogP contribution in [-0.4, -0.2) is 16.1 Å². The van der Waals surface area contributed by atoms with E-state index in [1.165, 1.54) is 24.3 Å². The summed E-state index contributed by atoms with van der Waals surface area (Å²) in [4.78, 5) is 19.8. The summed E-state index contributed by atoms with van der Waals surface area (Å²) in [6.45, 7) is 0. The van der Waals surface area contributed by atoms with E-state index >= 15 is 0 Å². The average molecular weight is 182 g/mol. The Labute approximate surface area is 73.0 Å². The summed E-state index contributed by atoms with van der Waals surface area (Å²) in [6.07, 6.45) is -1.20. The van der Waals surface area contributed by atoms with Crippen LogP contribution in [0.1, 0.15) is 0 Å². The highest BCUT2D eigenvalue weighted by molar-refractivity contribution is 5.82. The van der Waals surface area contributed by atoms with Crippen molar-refractivity contribution in [1.82, 2.24) is 0 Å². The standard InChI is InChI=1S/C7H6N2O4/c10-7(11)8-5-1-3-6(4-2-5)9(12)13/h1-4,8H,(H,10,11). The molecule has 0 heterocycles. The molecule has 0 saturated carbocycles. The highest BCUT2D eigenvalue weighted by Crippen LogP contribution is 2.14. The van der Waals surface area contributed by atoms with Gasteiger partial charge in [0.2, 0.25) is 0 Å². The van der Waals surface area contributed by atoms with Gasteiger partial charge in [-0.15, -0.1) is 0 Å². The number of nitro benzene ring substituents is 1. The minimum absolute atomic E-state index is 0.0732. The van der Waals surface area contributed by atoms with Gasteiger partial charge in [0.15, 0.2) is 0 Å². The van der Waals surface area contributed by atoms with E-state index in [0.29, 0.717) is 5.69 Å². The molecule has 0 aliphatic rings. The molecule has 1 aromatic rings. The Bertz CT molecular complexity index is 333. The number of anilines is 1. The van der Waals surface area contributed by atoms with Gasteiger partial charge in [-0.25, -0.2) is 4.79 Å². The Balaban J connectivity index is 2.81. The maximum atomic E-state index is 10.2. The van der Waals surface area contributed by atoms with E-state index in [2.05, 4.69) is 5.32 Å². The highest BCUT2D eigenvalue weighted by Gasteiger charge is 2.04. The third-order valence-electron chi connectivity index (χ3n) is 1.33. The first-order valence-electron chi connectivity index (χ1n) is 3.34. The molecule has 0 aromatic heterocycles. The van der Waals surface area contributed by atoms with Gasteiger partial charge in [-0.2, -0.15) is 0 Å². The number of hydrogen-bond acceptors (Lipinski definition) is 3. The van der Waals surface area contributed by atoms with Crippen LogP contribution in [0.3, 0.4) is 0 Å². The third-order valence-corrected chi connectivity index (χ3v) is 1.33. The summed E-state index contributed by atoms with van der Waals surface area (Å²) in [5.74, 6) is 0. The molecule has 68 valence electrons. The molecule has 1 aromatic carbocycles. The van der Waals surface area contributed by atoms with Crippen molar-refractivity contribution < 1.29 is 14.8 Å². The van der Waals surface area contributed by atoms with E-state index in [0.717, 1.165) is 0 Å². The first-order chi connectivity index (χ1) is 6.09. The van der Waals surface area contributed by atoms with Crippen LogP contribution in [0.2, 0.25) is 0 Å². The number of hydrogen-bond donors (Lipinski definition) is 2. The van der Waals surface area contributed by atoms with E-state index < -0.39 is 11.0 Å². The van der Waals surface area contributed by atoms with Gasteiger partial charge >= 0.3 is 6.09 Å². The molecule has 13 heavy (non-hydrogen) atoms. The average Bonchev–Trinajstić information content (AvgIpc) is 2.04. The number of amides is 1. The molecule has 1 amide bonds. The zero-order valence-corrected chi connectivity index (χ0v) is 6.43. The minimum atomic E-state index is -1.20. The van der Waals surface area contributed by atoms with Gasteiger partial charge in [0.25, 0.3) is 5.69 Å². The fourth-order valence-corrected chi connectivity index (χ4v) is 0.790. The topological polar surface area (TPSA) is 92.5 Å². The van der Waals surface area contributed by atoms with Crippen LogP contribution >= 0.6 is 0 Å². The molecular weight excluding hydrogens is 176 g/mol. The number of rotatable bonds is 2. The van der Waals surface area contributed by atoms with Crippen LogP contribution in [0.5, 0.6) is 0 Å². The van der Waals surface area contributed by atoms with Gasteiger partial charge in [0.05, 0.1) is 4.92 Å². The lowest BCUT2D eigenvalue weighted by Crippen LogP contribution is -2.06. The fraction of sp³-hybridized carbons (Fsp3) is 0. The Kier molecular flexibility index (Phi) is 2.44. The first kappa shape index (κ1) is 8.98. The van der Waals surface area contributed by atoms with E-state index in [4.69, 9.17) is 5.11 Å². The van der Waals surface area contributed by atoms with Crippen molar-refractivity contribution in [2.75, 3.05) is 5.32 Å². The van der Waals surface area contributed by atoms with Crippen molar-refractivity contribution in [1.29, 1.82) is 0 Å². The Morgan fingerprint density at radius 1 is 1.38 bits per heavy atom. The zero-order valence-electron chi connectivity index (χ0n) is 6.43. The van der Waals surface area contributed by atoms with Crippen LogP contribution in [0.4, 0.5) is 16.2 Å². The largest absolute Gasteiger partial charge is 0.465 e. The Morgan fingerprint density at radius 3 is 2.31 bits per heavy atom. The smallest absolute Gasteiger partial charge is 0.409 e. The lowest BCUT2D eigenvalue weighted by Gasteiger charge is -1.98. The third kappa shape index (κ3) is 2.44. The molecule has 2 N–H and O–H groups in total. The molecule has 0 spiro atoms. The summed E-state index contributed by atoms with van der Waals surface area (Å²) in [5, 5.41) is 20.6. The van der Waals surface area contributed by atoms with Gasteiger partial charge in [-0.3, -0.25) is 15.4 Å². The van der Waals surface area contributed by atoms with Crippen molar-refractivity contribution in [3.8, 4) is 0 Å². The SMILES string of the molecule is O=C(O)Nc1ccc([N+](=O)[O-])cc1. The molecule has 0 atom stereocenters. The van der Waals surface area contributed by atoms with Crippen molar-refractivity contribution in [3.63, 3.8) is 0 Å². The maximum Gasteiger partial charge on any atom is 0.409 e. The number of carboxylic acid groups (broad SMARTS) is 1. The number of nitro groups is 1. The lowest BCUT2D eigenvalue weighted by molar-refractivity contribution is -0.384. The molecule has 0 saturated heterocycles. The predicted molar refractivity (Wildman–Crippen MR) is 44.7 cm³/mol. The number of carbonyl (C=O) groups is 1. The quantitative estimate of drug-likeness (QED) is 0.537. The van der Waals surface area contributed by atoms with Crippen molar-refractivity contribution in [2.45, 2.75) is 0 Å². The van der Waals surface area contributed by atoms with E-state index in [1.54, 1.807) is 0 Å². The second-order valence-electron chi connectivity index (χ2n) is 2.23. The molecular formula is C7H6N2O4. The molecule has 0 fully saturated rings. The van der Waals surface area contributed by atoms with Crippen molar-refractivity contribution >= 4 is 17.5 Å². The highest BCUT2D eigenvalue weighted by atomic mass is 16.6. The van der Waals surface area contributed by atoms with E-state index in [-0.39, 0.29) is 5.69 Å². The Morgan fingerprint density at radius 2 is 1.92 bits per heavy atom. The van der Waals surface area contributed by atoms with Gasteiger partial charge in [0, 0.05) is 17.8 Å². The van der Waals surface area contributed by atoms with Crippen LogP contribution in [-0.2, 0) is 0 Å². The van der Waals surface area contributed by atoms with Gasteiger partial charge in [-0.05, 0) is 12.1 Å². The zero-order chi connectivity index (χ0) is 9.84. The van der Waals surface area contributed by atoms with Crippen molar-refractivity contribution in [2.24, 2.45) is 0 Å². The molecule has 0 aliphatic carbocycles. The lowest BCUT2D eigenvalue weighted by atomic mass is 10.3. The number of nitrogens with zero attached hydrogens (tertiary/aromatic N) is 1. The second kappa shape index (κ2) is 3.53. The van der Waals surface area contributed by atoms with Gasteiger partial charge < -0.3 is 5.11 Å². The first-order valence-corrected chi connectivity index (χ1v) is 3.34. The van der Waals surface area contributed by atoms with E-state index in [1.807, 2.05) is 0 Å². The molecule has 6 heteroatoms. The monoisotopic (exact) mass is 182 g/mol. The van der Waals surface area contributed by atoms with Gasteiger partial charge in [0.1, 0.15) is 0 Å². The number of nitrogens with one attached hydrogen (secondary N) is 1. The molecule has 0 unspecified atom stereocenters. The number of benzene rings is 1. The normalized spacial score (nSPS) is 9.23. The molecule has 0 bridgehead atoms. The fourth-order valence-electron chi connectivity index (χ4n) is 0.790. The van der Waals surface area contributed by atoms with Gasteiger partial charge in [-0.1, -0.05) is 0 Å². The van der Waals surface area contributed by atoms with Crippen LogP contribution in [0.15, 0.2) is 24.3 Å². The second-order valence-corrected chi connectivity index (χ2v) is 2.23. The summed E-state index contributed by atoms with van der Waals surface area (Å²) in [7, 11) is 0. The van der Waals surface area contributed by atoms with Crippen LogP contribution in [0, 0.1) is 10.1 Å². The minimum Gasteiger partial charge on any atom is -0.465 e. The summed E-state index contributed by atoms with van der Waals surface area (Å²) in [5.41, 5.74) is 0.231. The van der Waals surface area contributed by atoms with Crippen LogP contribution in [0.25, 0.3) is 0 Å². The molecule has 0 aliphatic heterocycles. The van der Waals surface area contributed by atoms with Crippen molar-refractivity contribution in [3.05, 3.63) is 34.4 Å². The molecule has 6 nitrogen and oxygen atoms in total. The maximum absolute atomic E-state index is 10.2. The summed E-state index contributed by atoms with van der Waals surface area (Å²) < 4.78 is 0. The number of non-ortho nitro benzene ring substituents is 1. The molecule has 1 rings (SSSR count). The summed E-state index contributed by atoms with van der Waals surface area (Å²) in [6, 6.07) is 5.11. The predicted octanol–water partition coefficient (Wildman–Crippen LogP) is 1.68. The Hall–Kier alpha value is -2.11. The van der Waals surface area contributed by atoms with E-state index in [9.17, 15) is 14.9 Å². The summed E-state index contributed by atoms with van der Waals surface area (Å²) >= 11 is 0. The molecule has 0 radical (unpaired) electrons.